The fourth-order valence-corrected chi connectivity index (χ4v) is 7.81. The fourth-order valence-electron chi connectivity index (χ4n) is 4.47. The first kappa shape index (κ1) is 21.7. The molecule has 0 unspecified atom stereocenters. The topological polar surface area (TPSA) is 85.2 Å². The molecule has 3 heterocycles. The van der Waals surface area contributed by atoms with Crippen molar-refractivity contribution in [2.75, 3.05) is 12.3 Å². The number of benzene rings is 1. The number of sulfonamides is 1. The molecule has 0 spiro atoms. The zero-order chi connectivity index (χ0) is 22.1. The van der Waals surface area contributed by atoms with E-state index in [9.17, 15) is 13.2 Å². The summed E-state index contributed by atoms with van der Waals surface area (Å²) in [7, 11) is -3.78. The molecule has 0 radical (unpaired) electrons. The number of aromatic nitrogens is 3. The van der Waals surface area contributed by atoms with E-state index in [1.807, 2.05) is 6.07 Å². The van der Waals surface area contributed by atoms with Crippen LogP contribution in [0.15, 0.2) is 51.8 Å². The molecular weight excluding hydrogens is 464 g/mol. The maximum atomic E-state index is 12.8. The van der Waals surface area contributed by atoms with Crippen molar-refractivity contribution in [3.05, 3.63) is 58.0 Å². The predicted octanol–water partition coefficient (Wildman–Crippen LogP) is 4.37. The van der Waals surface area contributed by atoms with Crippen LogP contribution in [0.25, 0.3) is 0 Å². The van der Waals surface area contributed by atoms with Gasteiger partial charge in [-0.05, 0) is 36.4 Å². The lowest BCUT2D eigenvalue weighted by molar-refractivity contribution is 0.0876. The summed E-state index contributed by atoms with van der Waals surface area (Å²) in [6, 6.07) is 10.9. The van der Waals surface area contributed by atoms with Gasteiger partial charge in [-0.3, -0.25) is 4.79 Å². The molecular formula is C22H24N4O3S3. The lowest BCUT2D eigenvalue weighted by Gasteiger charge is -2.25. The smallest absolute Gasteiger partial charge is 0.269 e. The summed E-state index contributed by atoms with van der Waals surface area (Å²) in [5.41, 5.74) is 0.251. The molecule has 7 nitrogen and oxygen atoms in total. The summed E-state index contributed by atoms with van der Waals surface area (Å²) in [6.45, 7) is 0.109. The third-order valence-corrected chi connectivity index (χ3v) is 9.67. The van der Waals surface area contributed by atoms with Crippen LogP contribution in [0.4, 0.5) is 0 Å². The van der Waals surface area contributed by atoms with Crippen molar-refractivity contribution in [1.82, 2.24) is 19.1 Å². The molecule has 1 aliphatic heterocycles. The zero-order valence-electron chi connectivity index (χ0n) is 17.5. The lowest BCUT2D eigenvalue weighted by Crippen LogP contribution is -2.32. The molecule has 1 aromatic carbocycles. The summed E-state index contributed by atoms with van der Waals surface area (Å²) < 4.78 is 28.8. The number of carbonyl (C=O) groups excluding carboxylic acids is 1. The van der Waals surface area contributed by atoms with Crippen molar-refractivity contribution in [2.45, 2.75) is 54.6 Å². The molecule has 5 rings (SSSR count). The van der Waals surface area contributed by atoms with Crippen LogP contribution in [0.1, 0.15) is 59.2 Å². The van der Waals surface area contributed by atoms with E-state index >= 15 is 0 Å². The van der Waals surface area contributed by atoms with E-state index in [4.69, 9.17) is 0 Å². The number of hydrogen-bond acceptors (Lipinski definition) is 7. The standard InChI is InChI=1S/C22H24N4O3S3/c27-21-18-10-4-5-11-19(18)32(28,29)25(21)12-14-31-22-24-23-20(15-17-9-6-13-30-17)26(22)16-7-2-1-3-8-16/h4-6,9-11,13,16H,1-3,7-8,12,14-15H2. The minimum atomic E-state index is -3.78. The van der Waals surface area contributed by atoms with Crippen LogP contribution in [0.5, 0.6) is 0 Å². The van der Waals surface area contributed by atoms with Gasteiger partial charge in [-0.2, -0.15) is 0 Å². The van der Waals surface area contributed by atoms with Crippen LogP contribution in [0.3, 0.4) is 0 Å². The molecule has 2 aromatic heterocycles. The first-order valence-electron chi connectivity index (χ1n) is 10.8. The third-order valence-electron chi connectivity index (χ3n) is 6.03. The van der Waals surface area contributed by atoms with Crippen molar-refractivity contribution < 1.29 is 13.2 Å². The van der Waals surface area contributed by atoms with Crippen LogP contribution in [0, 0.1) is 0 Å². The number of hydrogen-bond donors (Lipinski definition) is 0. The van der Waals surface area contributed by atoms with Crippen LogP contribution in [-0.4, -0.2) is 45.7 Å². The lowest BCUT2D eigenvalue weighted by atomic mass is 9.95. The van der Waals surface area contributed by atoms with Gasteiger partial charge in [0.25, 0.3) is 15.9 Å². The van der Waals surface area contributed by atoms with Gasteiger partial charge in [-0.25, -0.2) is 12.7 Å². The van der Waals surface area contributed by atoms with Crippen molar-refractivity contribution in [3.8, 4) is 0 Å². The number of fused-ring (bicyclic) bond motifs is 1. The van der Waals surface area contributed by atoms with Crippen LogP contribution in [0.2, 0.25) is 0 Å². The van der Waals surface area contributed by atoms with Gasteiger partial charge in [-0.1, -0.05) is 49.2 Å². The molecule has 1 amide bonds. The summed E-state index contributed by atoms with van der Waals surface area (Å²) in [6.07, 6.45) is 6.62. The first-order valence-corrected chi connectivity index (χ1v) is 14.1. The second-order valence-electron chi connectivity index (χ2n) is 8.04. The fraction of sp³-hybridized carbons (Fsp3) is 0.409. The van der Waals surface area contributed by atoms with Crippen molar-refractivity contribution in [1.29, 1.82) is 0 Å². The molecule has 10 heteroatoms. The molecule has 32 heavy (non-hydrogen) atoms. The Bertz CT molecular complexity index is 1220. The Balaban J connectivity index is 1.33. The highest BCUT2D eigenvalue weighted by Gasteiger charge is 2.40. The monoisotopic (exact) mass is 488 g/mol. The van der Waals surface area contributed by atoms with Gasteiger partial charge in [0.15, 0.2) is 5.16 Å². The molecule has 0 N–H and O–H groups in total. The van der Waals surface area contributed by atoms with E-state index in [2.05, 4.69) is 26.2 Å². The van der Waals surface area contributed by atoms with Gasteiger partial charge in [0.05, 0.1) is 5.56 Å². The zero-order valence-corrected chi connectivity index (χ0v) is 20.0. The number of thioether (sulfide) groups is 1. The molecule has 0 atom stereocenters. The van der Waals surface area contributed by atoms with E-state index in [-0.39, 0.29) is 17.0 Å². The summed E-state index contributed by atoms with van der Waals surface area (Å²) >= 11 is 3.19. The Labute approximate surface area is 195 Å². The molecule has 0 saturated heterocycles. The van der Waals surface area contributed by atoms with E-state index in [1.165, 1.54) is 42.0 Å². The number of carbonyl (C=O) groups is 1. The SMILES string of the molecule is O=C1c2ccccc2S(=O)(=O)N1CCSc1nnc(Cc2cccs2)n1C1CCCCC1. The average molecular weight is 489 g/mol. The quantitative estimate of drug-likeness (QED) is 0.459. The van der Waals surface area contributed by atoms with Gasteiger partial charge in [0, 0.05) is 29.6 Å². The number of amides is 1. The third kappa shape index (κ3) is 3.99. The van der Waals surface area contributed by atoms with Gasteiger partial charge >= 0.3 is 0 Å². The predicted molar refractivity (Wildman–Crippen MR) is 125 cm³/mol. The Morgan fingerprint density at radius 3 is 2.62 bits per heavy atom. The number of rotatable bonds is 7. The van der Waals surface area contributed by atoms with Crippen molar-refractivity contribution in [3.63, 3.8) is 0 Å². The van der Waals surface area contributed by atoms with Gasteiger partial charge in [0.2, 0.25) is 0 Å². The van der Waals surface area contributed by atoms with Crippen molar-refractivity contribution >= 4 is 39.0 Å². The van der Waals surface area contributed by atoms with E-state index in [1.54, 1.807) is 29.5 Å². The second-order valence-corrected chi connectivity index (χ2v) is 12.0. The second kappa shape index (κ2) is 8.99. The van der Waals surface area contributed by atoms with Gasteiger partial charge in [-0.15, -0.1) is 21.5 Å². The Kier molecular flexibility index (Phi) is 6.09. The summed E-state index contributed by atoms with van der Waals surface area (Å²) in [5.74, 6) is 0.940. The van der Waals surface area contributed by atoms with Gasteiger partial charge < -0.3 is 4.57 Å². The summed E-state index contributed by atoms with van der Waals surface area (Å²) in [4.78, 5) is 14.0. The normalized spacial score (nSPS) is 18.2. The summed E-state index contributed by atoms with van der Waals surface area (Å²) in [5, 5.41) is 11.8. The maximum Gasteiger partial charge on any atom is 0.269 e. The van der Waals surface area contributed by atoms with Gasteiger partial charge in [0.1, 0.15) is 10.7 Å². The molecule has 0 bridgehead atoms. The minimum absolute atomic E-state index is 0.0959. The van der Waals surface area contributed by atoms with Crippen LogP contribution in [-0.2, 0) is 16.4 Å². The molecule has 3 aromatic rings. The van der Waals surface area contributed by atoms with E-state index in [0.29, 0.717) is 11.8 Å². The largest absolute Gasteiger partial charge is 0.303 e. The average Bonchev–Trinajstić information content (AvgIpc) is 3.50. The molecule has 168 valence electrons. The number of nitrogens with zero attached hydrogens (tertiary/aromatic N) is 4. The highest BCUT2D eigenvalue weighted by Crippen LogP contribution is 2.34. The van der Waals surface area contributed by atoms with E-state index < -0.39 is 15.9 Å². The van der Waals surface area contributed by atoms with Crippen LogP contribution >= 0.6 is 23.1 Å². The number of thiophene rings is 1. The Hall–Kier alpha value is -2.17. The van der Waals surface area contributed by atoms with E-state index in [0.717, 1.165) is 34.5 Å². The maximum absolute atomic E-state index is 12.8. The molecule has 1 fully saturated rings. The first-order chi connectivity index (χ1) is 15.6. The van der Waals surface area contributed by atoms with Crippen LogP contribution < -0.4 is 0 Å². The Morgan fingerprint density at radius 1 is 1.06 bits per heavy atom. The molecule has 2 aliphatic rings. The minimum Gasteiger partial charge on any atom is -0.303 e. The molecule has 1 aliphatic carbocycles. The highest BCUT2D eigenvalue weighted by atomic mass is 32.2. The Morgan fingerprint density at radius 2 is 1.88 bits per heavy atom. The molecule has 1 saturated carbocycles. The highest BCUT2D eigenvalue weighted by molar-refractivity contribution is 7.99. The van der Waals surface area contributed by atoms with Crippen molar-refractivity contribution in [2.24, 2.45) is 0 Å².